The van der Waals surface area contributed by atoms with Gasteiger partial charge in [-0.1, -0.05) is 24.6 Å². The van der Waals surface area contributed by atoms with Gasteiger partial charge in [0.25, 0.3) is 0 Å². The van der Waals surface area contributed by atoms with Gasteiger partial charge in [-0.3, -0.25) is 4.79 Å². The fourth-order valence-corrected chi connectivity index (χ4v) is 4.70. The third-order valence-corrected chi connectivity index (χ3v) is 6.11. The maximum atomic E-state index is 13.1. The third kappa shape index (κ3) is 4.00. The summed E-state index contributed by atoms with van der Waals surface area (Å²) in [6.07, 6.45) is -1.10. The van der Waals surface area contributed by atoms with Gasteiger partial charge in [-0.25, -0.2) is 9.97 Å². The first kappa shape index (κ1) is 17.5. The van der Waals surface area contributed by atoms with Gasteiger partial charge in [0.2, 0.25) is 5.91 Å². The zero-order valence-electron chi connectivity index (χ0n) is 12.7. The van der Waals surface area contributed by atoms with Crippen LogP contribution in [0.5, 0.6) is 0 Å². The van der Waals surface area contributed by atoms with Crippen LogP contribution in [-0.2, 0) is 4.79 Å². The van der Waals surface area contributed by atoms with Crippen molar-refractivity contribution in [1.82, 2.24) is 15.3 Å². The van der Waals surface area contributed by atoms with Crippen LogP contribution < -0.4 is 5.32 Å². The highest BCUT2D eigenvalue weighted by molar-refractivity contribution is 8.00. The number of hydrogen-bond donors (Lipinski definition) is 1. The first-order chi connectivity index (χ1) is 11.4. The molecule has 1 fully saturated rings. The highest BCUT2D eigenvalue weighted by Gasteiger charge is 2.45. The molecule has 1 aliphatic carbocycles. The average molecular weight is 375 g/mol. The van der Waals surface area contributed by atoms with Crippen LogP contribution in [0.1, 0.15) is 25.7 Å². The van der Waals surface area contributed by atoms with Gasteiger partial charge in [0.05, 0.1) is 21.9 Å². The molecule has 2 atom stereocenters. The number of aromatic nitrogens is 2. The minimum absolute atomic E-state index is 0.0467. The highest BCUT2D eigenvalue weighted by Crippen LogP contribution is 2.37. The predicted octanol–water partition coefficient (Wildman–Crippen LogP) is 4.02. The number of halogens is 3. The van der Waals surface area contributed by atoms with Crippen LogP contribution in [0.25, 0.3) is 10.2 Å². The summed E-state index contributed by atoms with van der Waals surface area (Å²) in [7, 11) is 0. The SMILES string of the molecule is O=C(CSc1ncnc2ccsc12)N[C@H]1CCCC[C@@H]1C(F)(F)F. The van der Waals surface area contributed by atoms with Gasteiger partial charge in [-0.05, 0) is 24.3 Å². The maximum Gasteiger partial charge on any atom is 0.393 e. The van der Waals surface area contributed by atoms with E-state index in [2.05, 4.69) is 15.3 Å². The summed E-state index contributed by atoms with van der Waals surface area (Å²) in [5, 5.41) is 5.14. The topological polar surface area (TPSA) is 54.9 Å². The molecule has 0 aliphatic heterocycles. The standard InChI is InChI=1S/C15H16F3N3OS2/c16-15(17,18)9-3-1-2-4-10(9)21-12(22)7-24-14-13-11(5-6-23-13)19-8-20-14/h5-6,8-10H,1-4,7H2,(H,21,22)/t9-,10-/m0/s1. The number of nitrogens with zero attached hydrogens (tertiary/aromatic N) is 2. The Morgan fingerprint density at radius 1 is 1.33 bits per heavy atom. The number of rotatable bonds is 4. The summed E-state index contributed by atoms with van der Waals surface area (Å²) in [6, 6.07) is 1.04. The number of amides is 1. The lowest BCUT2D eigenvalue weighted by Crippen LogP contribution is -2.48. The van der Waals surface area contributed by atoms with E-state index < -0.39 is 18.1 Å². The largest absolute Gasteiger partial charge is 0.393 e. The molecule has 2 heterocycles. The molecule has 4 nitrogen and oxygen atoms in total. The number of carbonyl (C=O) groups excluding carboxylic acids is 1. The molecule has 9 heteroatoms. The van der Waals surface area contributed by atoms with Crippen molar-refractivity contribution >= 4 is 39.2 Å². The lowest BCUT2D eigenvalue weighted by Gasteiger charge is -2.33. The summed E-state index contributed by atoms with van der Waals surface area (Å²) >= 11 is 2.70. The van der Waals surface area contributed by atoms with Crippen molar-refractivity contribution in [3.63, 3.8) is 0 Å². The minimum atomic E-state index is -4.26. The van der Waals surface area contributed by atoms with E-state index in [1.54, 1.807) is 0 Å². The summed E-state index contributed by atoms with van der Waals surface area (Å²) in [5.41, 5.74) is 0.808. The number of hydrogen-bond acceptors (Lipinski definition) is 5. The highest BCUT2D eigenvalue weighted by atomic mass is 32.2. The molecule has 24 heavy (non-hydrogen) atoms. The molecule has 0 saturated heterocycles. The number of alkyl halides is 3. The van der Waals surface area contributed by atoms with E-state index in [0.29, 0.717) is 24.3 Å². The van der Waals surface area contributed by atoms with Crippen molar-refractivity contribution in [3.8, 4) is 0 Å². The van der Waals surface area contributed by atoms with Crippen molar-refractivity contribution in [2.24, 2.45) is 5.92 Å². The molecule has 1 amide bonds. The monoisotopic (exact) mass is 375 g/mol. The quantitative estimate of drug-likeness (QED) is 0.648. The Kier molecular flexibility index (Phi) is 5.29. The van der Waals surface area contributed by atoms with E-state index in [1.807, 2.05) is 11.4 Å². The molecule has 1 saturated carbocycles. The summed E-state index contributed by atoms with van der Waals surface area (Å²) in [5.74, 6) is -1.78. The molecular weight excluding hydrogens is 359 g/mol. The van der Waals surface area contributed by atoms with E-state index >= 15 is 0 Å². The molecule has 0 spiro atoms. The normalized spacial score (nSPS) is 21.8. The lowest BCUT2D eigenvalue weighted by molar-refractivity contribution is -0.189. The second-order valence-electron chi connectivity index (χ2n) is 5.71. The van der Waals surface area contributed by atoms with Crippen LogP contribution in [0.2, 0.25) is 0 Å². The van der Waals surface area contributed by atoms with Crippen molar-refractivity contribution in [2.45, 2.75) is 42.9 Å². The predicted molar refractivity (Wildman–Crippen MR) is 88.1 cm³/mol. The van der Waals surface area contributed by atoms with Crippen molar-refractivity contribution in [2.75, 3.05) is 5.75 Å². The third-order valence-electron chi connectivity index (χ3n) is 4.08. The van der Waals surface area contributed by atoms with E-state index in [4.69, 9.17) is 0 Å². The van der Waals surface area contributed by atoms with Crippen LogP contribution >= 0.6 is 23.1 Å². The van der Waals surface area contributed by atoms with Crippen molar-refractivity contribution < 1.29 is 18.0 Å². The Morgan fingerprint density at radius 3 is 2.92 bits per heavy atom. The van der Waals surface area contributed by atoms with Crippen LogP contribution in [0.15, 0.2) is 22.8 Å². The van der Waals surface area contributed by atoms with Gasteiger partial charge < -0.3 is 5.32 Å². The molecule has 2 aromatic heterocycles. The van der Waals surface area contributed by atoms with Crippen LogP contribution in [0.4, 0.5) is 13.2 Å². The first-order valence-electron chi connectivity index (χ1n) is 7.62. The number of carbonyl (C=O) groups is 1. The number of thioether (sulfide) groups is 1. The van der Waals surface area contributed by atoms with E-state index in [0.717, 1.165) is 10.2 Å². The molecule has 2 aromatic rings. The van der Waals surface area contributed by atoms with E-state index in [1.165, 1.54) is 29.4 Å². The molecule has 130 valence electrons. The van der Waals surface area contributed by atoms with Gasteiger partial charge in [0.15, 0.2) is 0 Å². The lowest BCUT2D eigenvalue weighted by atomic mass is 9.84. The fraction of sp³-hybridized carbons (Fsp3) is 0.533. The van der Waals surface area contributed by atoms with Crippen LogP contribution in [-0.4, -0.2) is 33.8 Å². The maximum absolute atomic E-state index is 13.1. The van der Waals surface area contributed by atoms with E-state index in [-0.39, 0.29) is 18.1 Å². The minimum Gasteiger partial charge on any atom is -0.352 e. The molecular formula is C15H16F3N3OS2. The fourth-order valence-electron chi connectivity index (χ4n) is 2.95. The van der Waals surface area contributed by atoms with Crippen molar-refractivity contribution in [1.29, 1.82) is 0 Å². The zero-order valence-corrected chi connectivity index (χ0v) is 14.3. The van der Waals surface area contributed by atoms with E-state index in [9.17, 15) is 18.0 Å². The second kappa shape index (κ2) is 7.26. The number of fused-ring (bicyclic) bond motifs is 1. The molecule has 1 aliphatic rings. The second-order valence-corrected chi connectivity index (χ2v) is 7.59. The Labute approximate surface area is 145 Å². The van der Waals surface area contributed by atoms with Crippen molar-refractivity contribution in [3.05, 3.63) is 17.8 Å². The molecule has 0 aromatic carbocycles. The summed E-state index contributed by atoms with van der Waals surface area (Å²) < 4.78 is 40.1. The van der Waals surface area contributed by atoms with Gasteiger partial charge >= 0.3 is 6.18 Å². The smallest absolute Gasteiger partial charge is 0.352 e. The molecule has 0 unspecified atom stereocenters. The summed E-state index contributed by atoms with van der Waals surface area (Å²) in [6.45, 7) is 0. The average Bonchev–Trinajstić information content (AvgIpc) is 3.01. The molecule has 0 radical (unpaired) electrons. The van der Waals surface area contributed by atoms with Gasteiger partial charge in [0.1, 0.15) is 11.4 Å². The Bertz CT molecular complexity index is 719. The number of nitrogens with one attached hydrogen (secondary N) is 1. The van der Waals surface area contributed by atoms with Gasteiger partial charge in [0, 0.05) is 6.04 Å². The molecule has 3 rings (SSSR count). The first-order valence-corrected chi connectivity index (χ1v) is 9.49. The molecule has 0 bridgehead atoms. The Hall–Kier alpha value is -1.35. The number of thiophene rings is 1. The molecule has 1 N–H and O–H groups in total. The van der Waals surface area contributed by atoms with Crippen LogP contribution in [0.3, 0.4) is 0 Å². The summed E-state index contributed by atoms with van der Waals surface area (Å²) in [4.78, 5) is 20.4. The Morgan fingerprint density at radius 2 is 2.12 bits per heavy atom. The van der Waals surface area contributed by atoms with Gasteiger partial charge in [-0.15, -0.1) is 11.3 Å². The zero-order chi connectivity index (χ0) is 17.2. The Balaban J connectivity index is 1.60. The van der Waals surface area contributed by atoms with Crippen LogP contribution in [0, 0.1) is 5.92 Å². The van der Waals surface area contributed by atoms with Gasteiger partial charge in [-0.2, -0.15) is 13.2 Å².